The highest BCUT2D eigenvalue weighted by molar-refractivity contribution is 9.11. The molecule has 0 fully saturated rings. The third-order valence-corrected chi connectivity index (χ3v) is 4.51. The normalized spacial score (nSPS) is 11.9. The standard InChI is InChI=1S/C10H7Br2NO3S/c11-8-4-9(12)10(13)7-3-5(17(14,15)16)1-2-6(7)8/h1-4H,13H2,(H,14,15,16). The van der Waals surface area contributed by atoms with Crippen LogP contribution < -0.4 is 5.73 Å². The summed E-state index contributed by atoms with van der Waals surface area (Å²) in [5.41, 5.74) is 6.28. The van der Waals surface area contributed by atoms with Crippen LogP contribution >= 0.6 is 31.9 Å². The van der Waals surface area contributed by atoms with Crippen LogP contribution in [0.2, 0.25) is 0 Å². The van der Waals surface area contributed by atoms with Crippen molar-refractivity contribution in [3.8, 4) is 0 Å². The van der Waals surface area contributed by atoms with Crippen LogP contribution in [0.5, 0.6) is 0 Å². The lowest BCUT2D eigenvalue weighted by Crippen LogP contribution is -1.98. The van der Waals surface area contributed by atoms with Gasteiger partial charge < -0.3 is 5.73 Å². The van der Waals surface area contributed by atoms with Crippen molar-refractivity contribution in [1.82, 2.24) is 0 Å². The Kier molecular flexibility index (Phi) is 3.19. The zero-order valence-corrected chi connectivity index (χ0v) is 12.3. The van der Waals surface area contributed by atoms with Crippen molar-refractivity contribution >= 4 is 58.4 Å². The molecule has 3 N–H and O–H groups in total. The zero-order chi connectivity index (χ0) is 12.8. The number of hydrogen-bond acceptors (Lipinski definition) is 3. The maximum atomic E-state index is 11.0. The third-order valence-electron chi connectivity index (χ3n) is 2.35. The van der Waals surface area contributed by atoms with E-state index in [4.69, 9.17) is 10.3 Å². The summed E-state index contributed by atoms with van der Waals surface area (Å²) in [7, 11) is -4.22. The summed E-state index contributed by atoms with van der Waals surface area (Å²) in [5.74, 6) is 0. The molecule has 17 heavy (non-hydrogen) atoms. The largest absolute Gasteiger partial charge is 0.397 e. The van der Waals surface area contributed by atoms with Gasteiger partial charge in [-0.3, -0.25) is 4.55 Å². The van der Waals surface area contributed by atoms with Crippen molar-refractivity contribution in [3.05, 3.63) is 33.2 Å². The van der Waals surface area contributed by atoms with Crippen LogP contribution in [0.25, 0.3) is 10.8 Å². The van der Waals surface area contributed by atoms with Gasteiger partial charge in [0.05, 0.1) is 10.6 Å². The first-order valence-corrected chi connectivity index (χ1v) is 7.48. The van der Waals surface area contributed by atoms with E-state index in [0.29, 0.717) is 15.5 Å². The number of anilines is 1. The van der Waals surface area contributed by atoms with Gasteiger partial charge in [0.15, 0.2) is 0 Å². The minimum atomic E-state index is -4.22. The fourth-order valence-corrected chi connectivity index (χ4v) is 3.34. The monoisotopic (exact) mass is 379 g/mol. The molecule has 2 rings (SSSR count). The summed E-state index contributed by atoms with van der Waals surface area (Å²) in [5, 5.41) is 1.33. The predicted molar refractivity (Wildman–Crippen MR) is 73.6 cm³/mol. The van der Waals surface area contributed by atoms with Crippen molar-refractivity contribution < 1.29 is 13.0 Å². The summed E-state index contributed by atoms with van der Waals surface area (Å²) in [6.45, 7) is 0. The van der Waals surface area contributed by atoms with Gasteiger partial charge in [-0.15, -0.1) is 0 Å². The molecule has 2 aromatic rings. The van der Waals surface area contributed by atoms with Gasteiger partial charge in [0.2, 0.25) is 0 Å². The van der Waals surface area contributed by atoms with Crippen molar-refractivity contribution in [2.45, 2.75) is 4.90 Å². The molecule has 0 saturated carbocycles. The predicted octanol–water partition coefficient (Wildman–Crippen LogP) is 3.19. The lowest BCUT2D eigenvalue weighted by Gasteiger charge is -2.08. The summed E-state index contributed by atoms with van der Waals surface area (Å²) in [4.78, 5) is -0.179. The fourth-order valence-electron chi connectivity index (χ4n) is 1.51. The molecular formula is C10H7Br2NO3S. The van der Waals surface area contributed by atoms with E-state index in [1.165, 1.54) is 12.1 Å². The molecule has 0 bridgehead atoms. The Morgan fingerprint density at radius 1 is 1.06 bits per heavy atom. The molecule has 0 aliphatic heterocycles. The van der Waals surface area contributed by atoms with Crippen LogP contribution in [0.3, 0.4) is 0 Å². The van der Waals surface area contributed by atoms with Gasteiger partial charge >= 0.3 is 0 Å². The topological polar surface area (TPSA) is 80.4 Å². The van der Waals surface area contributed by atoms with Crippen LogP contribution in [0.1, 0.15) is 0 Å². The first kappa shape index (κ1) is 12.8. The molecular weight excluding hydrogens is 374 g/mol. The molecule has 0 amide bonds. The minimum Gasteiger partial charge on any atom is -0.397 e. The molecule has 4 nitrogen and oxygen atoms in total. The molecule has 0 aliphatic carbocycles. The number of rotatable bonds is 1. The maximum absolute atomic E-state index is 11.0. The highest BCUT2D eigenvalue weighted by Crippen LogP contribution is 2.35. The second kappa shape index (κ2) is 4.24. The van der Waals surface area contributed by atoms with Crippen molar-refractivity contribution in [2.75, 3.05) is 5.73 Å². The molecule has 2 aromatic carbocycles. The number of nitrogens with two attached hydrogens (primary N) is 1. The van der Waals surface area contributed by atoms with Gasteiger partial charge in [0.1, 0.15) is 0 Å². The van der Waals surface area contributed by atoms with E-state index in [9.17, 15) is 8.42 Å². The van der Waals surface area contributed by atoms with Crippen LogP contribution in [0, 0.1) is 0 Å². The zero-order valence-electron chi connectivity index (χ0n) is 8.31. The van der Waals surface area contributed by atoms with Crippen molar-refractivity contribution in [2.24, 2.45) is 0 Å². The third kappa shape index (κ3) is 2.33. The van der Waals surface area contributed by atoms with Gasteiger partial charge in [0.25, 0.3) is 10.1 Å². The highest BCUT2D eigenvalue weighted by atomic mass is 79.9. The molecule has 90 valence electrons. The van der Waals surface area contributed by atoms with Crippen molar-refractivity contribution in [3.63, 3.8) is 0 Å². The quantitative estimate of drug-likeness (QED) is 0.588. The second-order valence-electron chi connectivity index (χ2n) is 3.44. The Hall–Kier alpha value is -0.630. The van der Waals surface area contributed by atoms with Gasteiger partial charge in [-0.05, 0) is 39.5 Å². The first-order valence-electron chi connectivity index (χ1n) is 4.45. The lowest BCUT2D eigenvalue weighted by atomic mass is 10.1. The summed E-state index contributed by atoms with van der Waals surface area (Å²) < 4.78 is 32.5. The summed E-state index contributed by atoms with van der Waals surface area (Å²) >= 11 is 6.63. The Bertz CT molecular complexity index is 713. The lowest BCUT2D eigenvalue weighted by molar-refractivity contribution is 0.483. The Morgan fingerprint density at radius 3 is 2.29 bits per heavy atom. The smallest absolute Gasteiger partial charge is 0.294 e. The van der Waals surface area contributed by atoms with E-state index in [-0.39, 0.29) is 4.90 Å². The summed E-state index contributed by atoms with van der Waals surface area (Å²) in [6, 6.07) is 6.04. The van der Waals surface area contributed by atoms with E-state index in [1.807, 2.05) is 0 Å². The molecule has 7 heteroatoms. The number of halogens is 2. The van der Waals surface area contributed by atoms with Gasteiger partial charge in [0, 0.05) is 14.3 Å². The average Bonchev–Trinajstić information content (AvgIpc) is 2.24. The molecule has 0 unspecified atom stereocenters. The molecule has 0 aliphatic rings. The molecule has 0 saturated heterocycles. The second-order valence-corrected chi connectivity index (χ2v) is 6.57. The molecule has 0 spiro atoms. The van der Waals surface area contributed by atoms with Crippen LogP contribution in [-0.2, 0) is 10.1 Å². The Balaban J connectivity index is 2.91. The van der Waals surface area contributed by atoms with Gasteiger partial charge in [-0.25, -0.2) is 0 Å². The minimum absolute atomic E-state index is 0.179. The van der Waals surface area contributed by atoms with E-state index in [0.717, 1.165) is 9.86 Å². The van der Waals surface area contributed by atoms with Crippen molar-refractivity contribution in [1.29, 1.82) is 0 Å². The van der Waals surface area contributed by atoms with Crippen LogP contribution in [0.4, 0.5) is 5.69 Å². The number of benzene rings is 2. The number of hydrogen-bond donors (Lipinski definition) is 2. The SMILES string of the molecule is Nc1c(Br)cc(Br)c2ccc(S(=O)(=O)O)cc12. The maximum Gasteiger partial charge on any atom is 0.294 e. The van der Waals surface area contributed by atoms with E-state index in [2.05, 4.69) is 31.9 Å². The number of fused-ring (bicyclic) bond motifs is 1. The first-order chi connectivity index (χ1) is 7.80. The molecule has 0 radical (unpaired) electrons. The van der Waals surface area contributed by atoms with E-state index < -0.39 is 10.1 Å². The van der Waals surface area contributed by atoms with Crippen LogP contribution in [-0.4, -0.2) is 13.0 Å². The van der Waals surface area contributed by atoms with Crippen LogP contribution in [0.15, 0.2) is 38.1 Å². The van der Waals surface area contributed by atoms with Gasteiger partial charge in [-0.2, -0.15) is 8.42 Å². The summed E-state index contributed by atoms with van der Waals surface area (Å²) in [6.07, 6.45) is 0. The highest BCUT2D eigenvalue weighted by Gasteiger charge is 2.13. The fraction of sp³-hybridized carbons (Fsp3) is 0. The number of nitrogen functional groups attached to an aromatic ring is 1. The Morgan fingerprint density at radius 2 is 1.71 bits per heavy atom. The molecule has 0 aromatic heterocycles. The average molecular weight is 381 g/mol. The van der Waals surface area contributed by atoms with Gasteiger partial charge in [-0.1, -0.05) is 22.0 Å². The molecule has 0 heterocycles. The van der Waals surface area contributed by atoms with E-state index in [1.54, 1.807) is 12.1 Å². The van der Waals surface area contributed by atoms with E-state index >= 15 is 0 Å². The Labute approximate surface area is 115 Å². The molecule has 0 atom stereocenters.